The SMILES string of the molecule is CCC[C@@H](NC(=O)c1ccc(Br)cc1OC)C(=O)O. The molecule has 0 unspecified atom stereocenters. The molecule has 1 rings (SSSR count). The largest absolute Gasteiger partial charge is 0.496 e. The monoisotopic (exact) mass is 329 g/mol. The molecule has 19 heavy (non-hydrogen) atoms. The fourth-order valence-electron chi connectivity index (χ4n) is 1.63. The summed E-state index contributed by atoms with van der Waals surface area (Å²) in [7, 11) is 1.46. The minimum atomic E-state index is -1.04. The topological polar surface area (TPSA) is 75.6 Å². The molecule has 1 amide bonds. The lowest BCUT2D eigenvalue weighted by atomic mass is 10.1. The van der Waals surface area contributed by atoms with Crippen LogP contribution in [-0.4, -0.2) is 30.1 Å². The van der Waals surface area contributed by atoms with Gasteiger partial charge < -0.3 is 15.2 Å². The van der Waals surface area contributed by atoms with Gasteiger partial charge in [-0.15, -0.1) is 0 Å². The lowest BCUT2D eigenvalue weighted by Gasteiger charge is -2.15. The second-order valence-corrected chi connectivity index (χ2v) is 4.91. The maximum Gasteiger partial charge on any atom is 0.326 e. The van der Waals surface area contributed by atoms with Crippen LogP contribution in [0.25, 0.3) is 0 Å². The van der Waals surface area contributed by atoms with E-state index in [0.29, 0.717) is 24.2 Å². The number of rotatable bonds is 6. The number of methoxy groups -OCH3 is 1. The van der Waals surface area contributed by atoms with E-state index in [1.54, 1.807) is 18.2 Å². The predicted octanol–water partition coefficient (Wildman–Crippen LogP) is 2.44. The van der Waals surface area contributed by atoms with Crippen LogP contribution in [0.4, 0.5) is 0 Å². The molecule has 1 atom stereocenters. The molecular formula is C13H16BrNO4. The first-order chi connectivity index (χ1) is 8.99. The Labute approximate surface area is 120 Å². The normalized spacial score (nSPS) is 11.7. The van der Waals surface area contributed by atoms with Crippen molar-refractivity contribution < 1.29 is 19.4 Å². The maximum atomic E-state index is 12.1. The first-order valence-electron chi connectivity index (χ1n) is 5.86. The van der Waals surface area contributed by atoms with Crippen LogP contribution in [0.3, 0.4) is 0 Å². The molecular weight excluding hydrogens is 314 g/mol. The number of nitrogens with one attached hydrogen (secondary N) is 1. The Kier molecular flexibility index (Phi) is 5.82. The zero-order valence-electron chi connectivity index (χ0n) is 10.8. The van der Waals surface area contributed by atoms with Crippen molar-refractivity contribution in [1.82, 2.24) is 5.32 Å². The van der Waals surface area contributed by atoms with Crippen LogP contribution < -0.4 is 10.1 Å². The summed E-state index contributed by atoms with van der Waals surface area (Å²) < 4.78 is 5.89. The van der Waals surface area contributed by atoms with Crippen LogP contribution in [0.5, 0.6) is 5.75 Å². The van der Waals surface area contributed by atoms with Gasteiger partial charge in [-0.25, -0.2) is 4.79 Å². The quantitative estimate of drug-likeness (QED) is 0.840. The molecule has 6 heteroatoms. The maximum absolute atomic E-state index is 12.1. The smallest absolute Gasteiger partial charge is 0.326 e. The molecule has 0 aliphatic rings. The van der Waals surface area contributed by atoms with Gasteiger partial charge in [-0.2, -0.15) is 0 Å². The average Bonchev–Trinajstić information content (AvgIpc) is 2.37. The molecule has 0 radical (unpaired) electrons. The van der Waals surface area contributed by atoms with Gasteiger partial charge in [0.15, 0.2) is 0 Å². The number of amides is 1. The van der Waals surface area contributed by atoms with Gasteiger partial charge in [0, 0.05) is 4.47 Å². The number of carbonyl (C=O) groups is 2. The van der Waals surface area contributed by atoms with Crippen LogP contribution >= 0.6 is 15.9 Å². The Morgan fingerprint density at radius 1 is 1.47 bits per heavy atom. The standard InChI is InChI=1S/C13H16BrNO4/c1-3-4-10(13(17)18)15-12(16)9-6-5-8(14)7-11(9)19-2/h5-7,10H,3-4H2,1-2H3,(H,15,16)(H,17,18)/t10-/m1/s1. The number of halogens is 1. The summed E-state index contributed by atoms with van der Waals surface area (Å²) in [5.41, 5.74) is 0.313. The zero-order valence-corrected chi connectivity index (χ0v) is 12.4. The number of benzene rings is 1. The van der Waals surface area contributed by atoms with Crippen molar-refractivity contribution in [3.63, 3.8) is 0 Å². The third kappa shape index (κ3) is 4.24. The zero-order chi connectivity index (χ0) is 14.4. The summed E-state index contributed by atoms with van der Waals surface area (Å²) in [4.78, 5) is 23.1. The Balaban J connectivity index is 2.91. The van der Waals surface area contributed by atoms with Gasteiger partial charge >= 0.3 is 5.97 Å². The van der Waals surface area contributed by atoms with E-state index in [9.17, 15) is 9.59 Å². The lowest BCUT2D eigenvalue weighted by molar-refractivity contribution is -0.139. The second-order valence-electron chi connectivity index (χ2n) is 4.00. The van der Waals surface area contributed by atoms with Crippen molar-refractivity contribution in [3.05, 3.63) is 28.2 Å². The summed E-state index contributed by atoms with van der Waals surface area (Å²) in [6.07, 6.45) is 1.06. The number of carboxylic acid groups (broad SMARTS) is 1. The molecule has 0 fully saturated rings. The van der Waals surface area contributed by atoms with Crippen LogP contribution in [-0.2, 0) is 4.79 Å². The number of carboxylic acids is 1. The van der Waals surface area contributed by atoms with Crippen LogP contribution in [0.1, 0.15) is 30.1 Å². The van der Waals surface area contributed by atoms with Crippen molar-refractivity contribution in [2.45, 2.75) is 25.8 Å². The number of hydrogen-bond donors (Lipinski definition) is 2. The molecule has 1 aromatic rings. The van der Waals surface area contributed by atoms with E-state index < -0.39 is 17.9 Å². The van der Waals surface area contributed by atoms with Gasteiger partial charge in [-0.1, -0.05) is 29.3 Å². The van der Waals surface area contributed by atoms with Gasteiger partial charge in [0.25, 0.3) is 5.91 Å². The molecule has 2 N–H and O–H groups in total. The minimum Gasteiger partial charge on any atom is -0.496 e. The Hall–Kier alpha value is -1.56. The summed E-state index contributed by atoms with van der Waals surface area (Å²) in [6.45, 7) is 1.86. The van der Waals surface area contributed by atoms with Gasteiger partial charge in [-0.3, -0.25) is 4.79 Å². The Morgan fingerprint density at radius 2 is 2.16 bits per heavy atom. The van der Waals surface area contributed by atoms with Crippen molar-refractivity contribution >= 4 is 27.8 Å². The van der Waals surface area contributed by atoms with E-state index in [4.69, 9.17) is 9.84 Å². The van der Waals surface area contributed by atoms with Crippen molar-refractivity contribution in [2.75, 3.05) is 7.11 Å². The van der Waals surface area contributed by atoms with Crippen molar-refractivity contribution in [1.29, 1.82) is 0 Å². The predicted molar refractivity (Wildman–Crippen MR) is 74.5 cm³/mol. The van der Waals surface area contributed by atoms with E-state index in [0.717, 1.165) is 4.47 Å². The highest BCUT2D eigenvalue weighted by atomic mass is 79.9. The highest BCUT2D eigenvalue weighted by Crippen LogP contribution is 2.23. The molecule has 1 aromatic carbocycles. The summed E-state index contributed by atoms with van der Waals surface area (Å²) >= 11 is 3.28. The molecule has 0 heterocycles. The molecule has 0 bridgehead atoms. The number of carbonyl (C=O) groups excluding carboxylic acids is 1. The molecule has 0 aliphatic heterocycles. The van der Waals surface area contributed by atoms with Crippen LogP contribution in [0.2, 0.25) is 0 Å². The van der Waals surface area contributed by atoms with E-state index >= 15 is 0 Å². The van der Waals surface area contributed by atoms with Gasteiger partial charge in [0.2, 0.25) is 0 Å². The van der Waals surface area contributed by atoms with Crippen molar-refractivity contribution in [2.24, 2.45) is 0 Å². The third-order valence-electron chi connectivity index (χ3n) is 2.59. The van der Waals surface area contributed by atoms with Gasteiger partial charge in [0.1, 0.15) is 11.8 Å². The lowest BCUT2D eigenvalue weighted by Crippen LogP contribution is -2.40. The Bertz CT molecular complexity index is 476. The average molecular weight is 330 g/mol. The second kappa shape index (κ2) is 7.13. The summed E-state index contributed by atoms with van der Waals surface area (Å²) in [6, 6.07) is 4.06. The van der Waals surface area contributed by atoms with E-state index in [1.807, 2.05) is 6.92 Å². The third-order valence-corrected chi connectivity index (χ3v) is 3.08. The highest BCUT2D eigenvalue weighted by molar-refractivity contribution is 9.10. The molecule has 0 saturated heterocycles. The van der Waals surface area contributed by atoms with E-state index in [2.05, 4.69) is 21.2 Å². The van der Waals surface area contributed by atoms with Crippen molar-refractivity contribution in [3.8, 4) is 5.75 Å². The highest BCUT2D eigenvalue weighted by Gasteiger charge is 2.21. The number of hydrogen-bond acceptors (Lipinski definition) is 3. The molecule has 5 nitrogen and oxygen atoms in total. The first kappa shape index (κ1) is 15.5. The fraction of sp³-hybridized carbons (Fsp3) is 0.385. The summed E-state index contributed by atoms with van der Waals surface area (Å²) in [5.74, 6) is -1.09. The van der Waals surface area contributed by atoms with Gasteiger partial charge in [0.05, 0.1) is 12.7 Å². The minimum absolute atomic E-state index is 0.313. The van der Waals surface area contributed by atoms with E-state index in [-0.39, 0.29) is 0 Å². The number of ether oxygens (including phenoxy) is 1. The first-order valence-corrected chi connectivity index (χ1v) is 6.66. The number of aliphatic carboxylic acids is 1. The van der Waals surface area contributed by atoms with Gasteiger partial charge in [-0.05, 0) is 24.6 Å². The van der Waals surface area contributed by atoms with E-state index in [1.165, 1.54) is 7.11 Å². The molecule has 104 valence electrons. The molecule has 0 saturated carbocycles. The molecule has 0 spiro atoms. The molecule has 0 aromatic heterocycles. The molecule has 0 aliphatic carbocycles. The Morgan fingerprint density at radius 3 is 2.68 bits per heavy atom. The fourth-order valence-corrected chi connectivity index (χ4v) is 1.97. The summed E-state index contributed by atoms with van der Waals surface area (Å²) in [5, 5.41) is 11.5. The van der Waals surface area contributed by atoms with Crippen LogP contribution in [0, 0.1) is 0 Å². The van der Waals surface area contributed by atoms with Crippen LogP contribution in [0.15, 0.2) is 22.7 Å².